The Balaban J connectivity index is 1.97. The summed E-state index contributed by atoms with van der Waals surface area (Å²) in [5, 5.41) is 1.46. The average Bonchev–Trinajstić information content (AvgIpc) is 2.49. The van der Waals surface area contributed by atoms with Crippen LogP contribution in [0.25, 0.3) is 0 Å². The van der Waals surface area contributed by atoms with Gasteiger partial charge in [0, 0.05) is 6.61 Å². The number of rotatable bonds is 2. The molecule has 0 radical (unpaired) electrons. The van der Waals surface area contributed by atoms with Gasteiger partial charge < -0.3 is 4.74 Å². The largest absolute Gasteiger partial charge is 0.369 e. The van der Waals surface area contributed by atoms with Gasteiger partial charge in [-0.15, -0.1) is 0 Å². The maximum absolute atomic E-state index is 6.13. The van der Waals surface area contributed by atoms with Crippen molar-refractivity contribution in [2.75, 3.05) is 6.61 Å². The van der Waals surface area contributed by atoms with E-state index in [1.807, 2.05) is 0 Å². The first-order valence-electron chi connectivity index (χ1n) is 6.86. The fourth-order valence-corrected chi connectivity index (χ4v) is 5.57. The number of hydrogen-bond donors (Lipinski definition) is 0. The molecule has 1 aliphatic heterocycles. The summed E-state index contributed by atoms with van der Waals surface area (Å²) in [6, 6.07) is 21.6. The highest BCUT2D eigenvalue weighted by Gasteiger charge is 2.33. The Kier molecular flexibility index (Phi) is 3.96. The van der Waals surface area contributed by atoms with Gasteiger partial charge in [0.1, 0.15) is 5.85 Å². The summed E-state index contributed by atoms with van der Waals surface area (Å²) < 4.78 is 6.13. The topological polar surface area (TPSA) is 9.23 Å². The van der Waals surface area contributed by atoms with Crippen molar-refractivity contribution in [3.8, 4) is 0 Å². The van der Waals surface area contributed by atoms with Gasteiger partial charge in [-0.1, -0.05) is 67.6 Å². The Bertz CT molecular complexity index is 511. The monoisotopic (exact) mass is 270 g/mol. The van der Waals surface area contributed by atoms with E-state index in [9.17, 15) is 0 Å². The van der Waals surface area contributed by atoms with E-state index in [0.717, 1.165) is 12.3 Å². The summed E-state index contributed by atoms with van der Waals surface area (Å²) in [4.78, 5) is 0. The SMILES string of the molecule is C[C@H]1CCO[C@H](c2ccccc2)[P@@]1c1ccccc1. The zero-order valence-electron chi connectivity index (χ0n) is 11.2. The van der Waals surface area contributed by atoms with E-state index in [0.29, 0.717) is 0 Å². The minimum absolute atomic E-state index is 0.252. The molecule has 1 aliphatic rings. The average molecular weight is 270 g/mol. The Morgan fingerprint density at radius 2 is 1.58 bits per heavy atom. The summed E-state index contributed by atoms with van der Waals surface area (Å²) in [6.45, 7) is 3.25. The molecule has 0 spiro atoms. The second kappa shape index (κ2) is 5.86. The third-order valence-corrected chi connectivity index (χ3v) is 6.73. The lowest BCUT2D eigenvalue weighted by molar-refractivity contribution is 0.0956. The fraction of sp³-hybridized carbons (Fsp3) is 0.294. The molecule has 0 saturated carbocycles. The van der Waals surface area contributed by atoms with E-state index in [2.05, 4.69) is 67.6 Å². The third-order valence-electron chi connectivity index (χ3n) is 3.68. The van der Waals surface area contributed by atoms with Crippen LogP contribution in [0, 0.1) is 0 Å². The van der Waals surface area contributed by atoms with E-state index in [4.69, 9.17) is 4.74 Å². The van der Waals surface area contributed by atoms with E-state index in [1.54, 1.807) is 0 Å². The third kappa shape index (κ3) is 2.73. The van der Waals surface area contributed by atoms with Crippen LogP contribution in [-0.4, -0.2) is 12.3 Å². The molecule has 19 heavy (non-hydrogen) atoms. The molecule has 2 aromatic rings. The summed E-state index contributed by atoms with van der Waals surface area (Å²) in [6.07, 6.45) is 1.17. The Morgan fingerprint density at radius 3 is 2.26 bits per heavy atom. The maximum Gasteiger partial charge on any atom is 0.106 e. The molecule has 3 atom stereocenters. The Morgan fingerprint density at radius 1 is 0.947 bits per heavy atom. The molecule has 1 nitrogen and oxygen atoms in total. The molecule has 98 valence electrons. The maximum atomic E-state index is 6.13. The summed E-state index contributed by atoms with van der Waals surface area (Å²) >= 11 is 0. The second-order valence-electron chi connectivity index (χ2n) is 5.01. The number of ether oxygens (including phenoxy) is 1. The minimum Gasteiger partial charge on any atom is -0.369 e. The quantitative estimate of drug-likeness (QED) is 0.739. The van der Waals surface area contributed by atoms with Gasteiger partial charge in [0.05, 0.1) is 0 Å². The normalized spacial score (nSPS) is 27.1. The van der Waals surface area contributed by atoms with Crippen molar-refractivity contribution in [3.05, 3.63) is 66.2 Å². The van der Waals surface area contributed by atoms with Gasteiger partial charge in [-0.3, -0.25) is 0 Å². The van der Waals surface area contributed by atoms with Crippen LogP contribution in [0.2, 0.25) is 0 Å². The van der Waals surface area contributed by atoms with E-state index >= 15 is 0 Å². The molecule has 0 amide bonds. The van der Waals surface area contributed by atoms with Gasteiger partial charge in [0.25, 0.3) is 0 Å². The lowest BCUT2D eigenvalue weighted by Gasteiger charge is -2.37. The highest BCUT2D eigenvalue weighted by molar-refractivity contribution is 7.66. The van der Waals surface area contributed by atoms with Crippen LogP contribution >= 0.6 is 7.92 Å². The second-order valence-corrected chi connectivity index (χ2v) is 7.70. The molecular weight excluding hydrogens is 251 g/mol. The molecule has 3 rings (SSSR count). The predicted octanol–water partition coefficient (Wildman–Crippen LogP) is 4.30. The molecule has 0 bridgehead atoms. The Hall–Kier alpha value is -1.17. The van der Waals surface area contributed by atoms with Crippen molar-refractivity contribution >= 4 is 13.2 Å². The van der Waals surface area contributed by atoms with Crippen LogP contribution in [0.1, 0.15) is 24.8 Å². The molecule has 1 saturated heterocycles. The van der Waals surface area contributed by atoms with Gasteiger partial charge >= 0.3 is 0 Å². The predicted molar refractivity (Wildman–Crippen MR) is 82.2 cm³/mol. The first kappa shape index (κ1) is 12.8. The summed E-state index contributed by atoms with van der Waals surface area (Å²) in [5.74, 6) is 0.252. The number of hydrogen-bond acceptors (Lipinski definition) is 1. The minimum atomic E-state index is -0.290. The van der Waals surface area contributed by atoms with E-state index in [-0.39, 0.29) is 13.8 Å². The van der Waals surface area contributed by atoms with Crippen molar-refractivity contribution in [1.82, 2.24) is 0 Å². The van der Waals surface area contributed by atoms with E-state index < -0.39 is 0 Å². The zero-order chi connectivity index (χ0) is 13.1. The molecule has 0 aliphatic carbocycles. The van der Waals surface area contributed by atoms with Crippen molar-refractivity contribution in [2.45, 2.75) is 24.8 Å². The highest BCUT2D eigenvalue weighted by Crippen LogP contribution is 2.57. The van der Waals surface area contributed by atoms with E-state index in [1.165, 1.54) is 17.3 Å². The van der Waals surface area contributed by atoms with Gasteiger partial charge in [0.2, 0.25) is 0 Å². The van der Waals surface area contributed by atoms with Crippen LogP contribution < -0.4 is 5.30 Å². The Labute approximate surface area is 116 Å². The van der Waals surface area contributed by atoms with Crippen molar-refractivity contribution in [3.63, 3.8) is 0 Å². The first-order chi connectivity index (χ1) is 9.36. The molecule has 1 fully saturated rings. The molecule has 0 aromatic heterocycles. The number of benzene rings is 2. The van der Waals surface area contributed by atoms with Crippen LogP contribution in [0.15, 0.2) is 60.7 Å². The first-order valence-corrected chi connectivity index (χ1v) is 8.34. The molecule has 2 heteroatoms. The van der Waals surface area contributed by atoms with Gasteiger partial charge in [0.15, 0.2) is 0 Å². The standard InChI is InChI=1S/C17H19OP/c1-14-12-13-18-17(15-8-4-2-5-9-15)19(14)16-10-6-3-7-11-16/h2-11,14,17H,12-13H2,1H3/t14-,17-,19+/m0/s1. The van der Waals surface area contributed by atoms with Crippen LogP contribution in [0.5, 0.6) is 0 Å². The van der Waals surface area contributed by atoms with Crippen LogP contribution in [0.3, 0.4) is 0 Å². The summed E-state index contributed by atoms with van der Waals surface area (Å²) in [7, 11) is -0.290. The molecule has 0 unspecified atom stereocenters. The summed E-state index contributed by atoms with van der Waals surface area (Å²) in [5.41, 5.74) is 2.04. The van der Waals surface area contributed by atoms with Gasteiger partial charge in [-0.25, -0.2) is 0 Å². The zero-order valence-corrected chi connectivity index (χ0v) is 12.1. The molecule has 2 aromatic carbocycles. The fourth-order valence-electron chi connectivity index (χ4n) is 2.67. The lowest BCUT2D eigenvalue weighted by Crippen LogP contribution is -2.24. The van der Waals surface area contributed by atoms with Crippen LogP contribution in [0.4, 0.5) is 0 Å². The highest BCUT2D eigenvalue weighted by atomic mass is 31.1. The van der Waals surface area contributed by atoms with Crippen molar-refractivity contribution < 1.29 is 4.74 Å². The molecular formula is C17H19OP. The van der Waals surface area contributed by atoms with Crippen molar-refractivity contribution in [2.24, 2.45) is 0 Å². The van der Waals surface area contributed by atoms with Crippen LogP contribution in [-0.2, 0) is 4.74 Å². The van der Waals surface area contributed by atoms with Gasteiger partial charge in [-0.2, -0.15) is 0 Å². The van der Waals surface area contributed by atoms with Gasteiger partial charge in [-0.05, 0) is 30.9 Å². The van der Waals surface area contributed by atoms with Crippen molar-refractivity contribution in [1.29, 1.82) is 0 Å². The molecule has 1 heterocycles. The lowest BCUT2D eigenvalue weighted by atomic mass is 10.2. The molecule has 0 N–H and O–H groups in total. The smallest absolute Gasteiger partial charge is 0.106 e.